The first-order valence-corrected chi connectivity index (χ1v) is 10.7. The number of benzene rings is 2. The minimum atomic E-state index is -1.30. The van der Waals surface area contributed by atoms with Gasteiger partial charge in [0.1, 0.15) is 11.8 Å². The van der Waals surface area contributed by atoms with Gasteiger partial charge in [-0.2, -0.15) is 10.4 Å². The fourth-order valence-electron chi connectivity index (χ4n) is 4.91. The molecule has 31 heavy (non-hydrogen) atoms. The second-order valence-corrected chi connectivity index (χ2v) is 8.55. The number of hydrogen-bond acceptors (Lipinski definition) is 5. The smallest absolute Gasteiger partial charge is 0.449 e. The average molecular weight is 434 g/mol. The quantitative estimate of drug-likeness (QED) is 0.420. The first kappa shape index (κ1) is 19.7. The van der Waals surface area contributed by atoms with E-state index >= 15 is 0 Å². The van der Waals surface area contributed by atoms with Gasteiger partial charge >= 0.3 is 6.16 Å². The number of hydrogen-bond donors (Lipinski definition) is 1. The van der Waals surface area contributed by atoms with Crippen molar-refractivity contribution in [3.05, 3.63) is 75.8 Å². The van der Waals surface area contributed by atoms with Crippen LogP contribution in [0, 0.1) is 17.2 Å². The first-order chi connectivity index (χ1) is 15.0. The maximum Gasteiger partial charge on any atom is 0.511 e. The summed E-state index contributed by atoms with van der Waals surface area (Å²) in [5.41, 5.74) is 4.82. The molecule has 6 nitrogen and oxygen atoms in total. The Labute approximate surface area is 185 Å². The highest BCUT2D eigenvalue weighted by atomic mass is 35.5. The largest absolute Gasteiger partial charge is 0.511 e. The minimum Gasteiger partial charge on any atom is -0.449 e. The van der Waals surface area contributed by atoms with Crippen LogP contribution in [0.3, 0.4) is 0 Å². The van der Waals surface area contributed by atoms with E-state index in [2.05, 4.69) is 23.2 Å². The number of carbonyl (C=O) groups is 1. The van der Waals surface area contributed by atoms with Gasteiger partial charge in [0.15, 0.2) is 0 Å². The highest BCUT2D eigenvalue weighted by Crippen LogP contribution is 2.39. The molecule has 0 saturated heterocycles. The monoisotopic (exact) mass is 433 g/mol. The van der Waals surface area contributed by atoms with Gasteiger partial charge in [0.05, 0.1) is 22.3 Å². The molecule has 3 aliphatic rings. The Morgan fingerprint density at radius 2 is 2.16 bits per heavy atom. The van der Waals surface area contributed by atoms with Crippen molar-refractivity contribution in [2.24, 2.45) is 11.0 Å². The number of nitrogens with zero attached hydrogens (tertiary/aromatic N) is 3. The Kier molecular flexibility index (Phi) is 4.91. The summed E-state index contributed by atoms with van der Waals surface area (Å²) in [5, 5.41) is 25.7. The number of fused-ring (bicyclic) bond motifs is 3. The number of carboxylic acid groups (broad SMARTS) is 1. The van der Waals surface area contributed by atoms with Crippen LogP contribution in [-0.4, -0.2) is 34.6 Å². The SMILES string of the molecule is N#Cc1ccc(C2C=CCC2N2CC3CCc4cc(OC(=O)O)ccc4C3=N2)cc1Cl. The molecule has 3 unspecified atom stereocenters. The van der Waals surface area contributed by atoms with E-state index in [1.165, 1.54) is 0 Å². The Balaban J connectivity index is 1.41. The number of nitriles is 1. The summed E-state index contributed by atoms with van der Waals surface area (Å²) in [6.07, 6.45) is 5.85. The normalized spacial score (nSPS) is 23.7. The van der Waals surface area contributed by atoms with Gasteiger partial charge in [-0.15, -0.1) is 0 Å². The molecule has 5 rings (SSSR count). The predicted octanol–water partition coefficient (Wildman–Crippen LogP) is 4.96. The fourth-order valence-corrected chi connectivity index (χ4v) is 5.15. The molecule has 1 aliphatic heterocycles. The first-order valence-electron chi connectivity index (χ1n) is 10.3. The van der Waals surface area contributed by atoms with Gasteiger partial charge in [-0.1, -0.05) is 29.8 Å². The Hall–Kier alpha value is -3.30. The van der Waals surface area contributed by atoms with Gasteiger partial charge in [-0.05, 0) is 60.7 Å². The molecule has 1 N–H and O–H groups in total. The van der Waals surface area contributed by atoms with Crippen LogP contribution in [0.2, 0.25) is 5.02 Å². The summed E-state index contributed by atoms with van der Waals surface area (Å²) < 4.78 is 4.81. The van der Waals surface area contributed by atoms with Crippen LogP contribution >= 0.6 is 11.6 Å². The van der Waals surface area contributed by atoms with Crippen molar-refractivity contribution in [1.29, 1.82) is 5.26 Å². The van der Waals surface area contributed by atoms with Crippen LogP contribution in [0.1, 0.15) is 41.0 Å². The van der Waals surface area contributed by atoms with Gasteiger partial charge in [-0.3, -0.25) is 5.01 Å². The summed E-state index contributed by atoms with van der Waals surface area (Å²) in [5.74, 6) is 0.878. The molecule has 156 valence electrons. The van der Waals surface area contributed by atoms with Crippen molar-refractivity contribution < 1.29 is 14.6 Å². The number of aryl methyl sites for hydroxylation is 1. The molecular weight excluding hydrogens is 414 g/mol. The standard InChI is InChI=1S/C24H20ClN3O3/c25-21-11-15(4-6-16(21)12-26)19-2-1-3-22(19)28-13-17-7-5-14-10-18(31-24(29)30)8-9-20(14)23(17)27-28/h1-2,4,6,8-11,17,19,22H,3,5,7,13H2,(H,29,30). The zero-order chi connectivity index (χ0) is 21.5. The lowest BCUT2D eigenvalue weighted by molar-refractivity contribution is 0.144. The van der Waals surface area contributed by atoms with Crippen LogP contribution in [0.4, 0.5) is 4.79 Å². The van der Waals surface area contributed by atoms with Gasteiger partial charge < -0.3 is 9.84 Å². The van der Waals surface area contributed by atoms with E-state index in [4.69, 9.17) is 31.8 Å². The molecular formula is C24H20ClN3O3. The van der Waals surface area contributed by atoms with E-state index in [0.29, 0.717) is 22.3 Å². The Morgan fingerprint density at radius 1 is 1.29 bits per heavy atom. The molecule has 2 aliphatic carbocycles. The molecule has 0 saturated carbocycles. The molecule has 1 heterocycles. The highest BCUT2D eigenvalue weighted by molar-refractivity contribution is 6.31. The molecule has 7 heteroatoms. The third kappa shape index (κ3) is 3.55. The summed E-state index contributed by atoms with van der Waals surface area (Å²) in [7, 11) is 0. The predicted molar refractivity (Wildman–Crippen MR) is 117 cm³/mol. The van der Waals surface area contributed by atoms with E-state index in [1.54, 1.807) is 12.1 Å². The molecule has 0 radical (unpaired) electrons. The third-order valence-electron chi connectivity index (χ3n) is 6.37. The average Bonchev–Trinajstić information content (AvgIpc) is 3.40. The molecule has 0 spiro atoms. The fraction of sp³-hybridized carbons (Fsp3) is 0.292. The van der Waals surface area contributed by atoms with Crippen molar-refractivity contribution in [3.63, 3.8) is 0 Å². The second-order valence-electron chi connectivity index (χ2n) is 8.14. The van der Waals surface area contributed by atoms with Crippen LogP contribution in [-0.2, 0) is 6.42 Å². The Bertz CT molecular complexity index is 1170. The van der Waals surface area contributed by atoms with Crippen LogP contribution in [0.25, 0.3) is 0 Å². The number of rotatable bonds is 3. The lowest BCUT2D eigenvalue weighted by atomic mass is 9.82. The van der Waals surface area contributed by atoms with Gasteiger partial charge in [-0.25, -0.2) is 4.79 Å². The van der Waals surface area contributed by atoms with E-state index in [0.717, 1.165) is 48.2 Å². The van der Waals surface area contributed by atoms with Crippen molar-refractivity contribution >= 4 is 23.5 Å². The Morgan fingerprint density at radius 3 is 2.94 bits per heavy atom. The topological polar surface area (TPSA) is 85.9 Å². The molecule has 2 aromatic carbocycles. The van der Waals surface area contributed by atoms with E-state index in [9.17, 15) is 4.79 Å². The summed E-state index contributed by atoms with van der Waals surface area (Å²) in [6.45, 7) is 0.870. The van der Waals surface area contributed by atoms with Crippen LogP contribution in [0.5, 0.6) is 5.75 Å². The molecule has 0 bridgehead atoms. The molecule has 0 fully saturated rings. The van der Waals surface area contributed by atoms with E-state index < -0.39 is 6.16 Å². The third-order valence-corrected chi connectivity index (χ3v) is 6.68. The van der Waals surface area contributed by atoms with Crippen molar-refractivity contribution in [1.82, 2.24) is 5.01 Å². The number of ether oxygens (including phenoxy) is 1. The van der Waals surface area contributed by atoms with Gasteiger partial charge in [0.25, 0.3) is 0 Å². The number of hydrazone groups is 1. The summed E-state index contributed by atoms with van der Waals surface area (Å²) in [6, 6.07) is 13.4. The molecule has 0 amide bonds. The zero-order valence-electron chi connectivity index (χ0n) is 16.7. The summed E-state index contributed by atoms with van der Waals surface area (Å²) in [4.78, 5) is 10.8. The molecule has 3 atom stereocenters. The van der Waals surface area contributed by atoms with Crippen LogP contribution in [0.15, 0.2) is 53.7 Å². The lowest BCUT2D eigenvalue weighted by Gasteiger charge is -2.29. The molecule has 2 aromatic rings. The van der Waals surface area contributed by atoms with Crippen molar-refractivity contribution in [2.75, 3.05) is 6.54 Å². The van der Waals surface area contributed by atoms with E-state index in [-0.39, 0.29) is 12.0 Å². The minimum absolute atomic E-state index is 0.167. The highest BCUT2D eigenvalue weighted by Gasteiger charge is 2.38. The van der Waals surface area contributed by atoms with Crippen molar-refractivity contribution in [2.45, 2.75) is 31.2 Å². The van der Waals surface area contributed by atoms with Crippen LogP contribution < -0.4 is 4.74 Å². The molecule has 0 aromatic heterocycles. The second kappa shape index (κ2) is 7.75. The zero-order valence-corrected chi connectivity index (χ0v) is 17.4. The van der Waals surface area contributed by atoms with Crippen molar-refractivity contribution in [3.8, 4) is 11.8 Å². The van der Waals surface area contributed by atoms with Gasteiger partial charge in [0.2, 0.25) is 0 Å². The maximum atomic E-state index is 10.8. The summed E-state index contributed by atoms with van der Waals surface area (Å²) >= 11 is 6.28. The number of halogens is 1. The lowest BCUT2D eigenvalue weighted by Crippen LogP contribution is -2.33. The van der Waals surface area contributed by atoms with Gasteiger partial charge in [0, 0.05) is 23.9 Å². The van der Waals surface area contributed by atoms with E-state index in [1.807, 2.05) is 24.3 Å². The maximum absolute atomic E-state index is 10.8.